The van der Waals surface area contributed by atoms with Crippen LogP contribution < -0.4 is 17.6 Å². The van der Waals surface area contributed by atoms with Gasteiger partial charge in [-0.1, -0.05) is 41.5 Å². The number of hydrogen-bond donors (Lipinski definition) is 3. The third-order valence-electron chi connectivity index (χ3n) is 1.46. The average molecular weight is 205 g/mol. The monoisotopic (exact) mass is 205 g/mol. The number of carbonyl (C=O) groups excluding carboxylic acids is 1. The Balaban J connectivity index is -0.000000605. The molecular formula is C10H27N3O. The molecule has 0 unspecified atom stereocenters. The Morgan fingerprint density at radius 2 is 1.36 bits per heavy atom. The largest absolute Gasteiger partial charge is 0.355 e. The van der Waals surface area contributed by atoms with Gasteiger partial charge in [-0.15, -0.1) is 0 Å². The molecule has 0 aromatic carbocycles. The second-order valence-corrected chi connectivity index (χ2v) is 5.49. The molecule has 88 valence electrons. The summed E-state index contributed by atoms with van der Waals surface area (Å²) < 4.78 is 0. The van der Waals surface area contributed by atoms with Crippen molar-refractivity contribution in [2.45, 2.75) is 41.5 Å². The smallest absolute Gasteiger partial charge is 0.225 e. The number of carbonyl (C=O) groups is 1. The van der Waals surface area contributed by atoms with Gasteiger partial charge >= 0.3 is 0 Å². The predicted octanol–water partition coefficient (Wildman–Crippen LogP) is 2.52. The number of rotatable bonds is 1. The van der Waals surface area contributed by atoms with Crippen LogP contribution in [0.3, 0.4) is 0 Å². The summed E-state index contributed by atoms with van der Waals surface area (Å²) in [5.41, 5.74) is -0.105. The van der Waals surface area contributed by atoms with Crippen molar-refractivity contribution in [2.75, 3.05) is 6.54 Å². The maximum atomic E-state index is 11.4. The van der Waals surface area contributed by atoms with Crippen LogP contribution in [0.15, 0.2) is 0 Å². The van der Waals surface area contributed by atoms with Crippen LogP contribution in [0.5, 0.6) is 0 Å². The van der Waals surface area contributed by atoms with E-state index >= 15 is 0 Å². The maximum absolute atomic E-state index is 11.4. The summed E-state index contributed by atoms with van der Waals surface area (Å²) in [6.07, 6.45) is 0. The lowest BCUT2D eigenvalue weighted by molar-refractivity contribution is -0.128. The van der Waals surface area contributed by atoms with Crippen LogP contribution in [-0.2, 0) is 4.79 Å². The molecule has 0 fully saturated rings. The summed E-state index contributed by atoms with van der Waals surface area (Å²) in [4.78, 5) is 11.4. The van der Waals surface area contributed by atoms with Gasteiger partial charge in [-0.3, -0.25) is 4.79 Å². The van der Waals surface area contributed by atoms with Crippen molar-refractivity contribution in [3.8, 4) is 0 Å². The molecule has 0 saturated carbocycles. The fourth-order valence-corrected chi connectivity index (χ4v) is 0.611. The molecular weight excluding hydrogens is 178 g/mol. The molecule has 1 amide bonds. The van der Waals surface area contributed by atoms with Crippen LogP contribution in [0.4, 0.5) is 0 Å². The van der Waals surface area contributed by atoms with E-state index in [4.69, 9.17) is 0 Å². The van der Waals surface area contributed by atoms with E-state index in [1.54, 1.807) is 0 Å². The highest BCUT2D eigenvalue weighted by Gasteiger charge is 2.22. The summed E-state index contributed by atoms with van der Waals surface area (Å²) in [5.74, 6) is 0.123. The van der Waals surface area contributed by atoms with Gasteiger partial charge in [0.05, 0.1) is 0 Å². The fourth-order valence-electron chi connectivity index (χ4n) is 0.611. The van der Waals surface area contributed by atoms with Crippen molar-refractivity contribution >= 4 is 5.91 Å². The van der Waals surface area contributed by atoms with Gasteiger partial charge in [-0.2, -0.15) is 0 Å². The van der Waals surface area contributed by atoms with E-state index < -0.39 is 0 Å². The highest BCUT2D eigenvalue weighted by molar-refractivity contribution is 5.81. The lowest BCUT2D eigenvalue weighted by Crippen LogP contribution is -2.39. The van der Waals surface area contributed by atoms with Gasteiger partial charge in [0.1, 0.15) is 0 Å². The van der Waals surface area contributed by atoms with Crippen molar-refractivity contribution in [3.63, 3.8) is 0 Å². The molecule has 4 heteroatoms. The first-order chi connectivity index (χ1) is 5.13. The Bertz CT molecular complexity index is 165. The number of nitrogens with one attached hydrogen (secondary N) is 1. The first-order valence-electron chi connectivity index (χ1n) is 4.41. The fraction of sp³-hybridized carbons (Fsp3) is 0.900. The van der Waals surface area contributed by atoms with Gasteiger partial charge in [-0.05, 0) is 5.41 Å². The highest BCUT2D eigenvalue weighted by Crippen LogP contribution is 2.15. The average Bonchev–Trinajstić information content (AvgIpc) is 1.78. The van der Waals surface area contributed by atoms with Crippen LogP contribution in [0, 0.1) is 10.8 Å². The summed E-state index contributed by atoms with van der Waals surface area (Å²) in [6.45, 7) is 12.8. The molecule has 0 spiro atoms. The topological polar surface area (TPSA) is 99.1 Å². The minimum Gasteiger partial charge on any atom is -0.355 e. The van der Waals surface area contributed by atoms with Gasteiger partial charge in [0.15, 0.2) is 0 Å². The summed E-state index contributed by atoms with van der Waals surface area (Å²) in [7, 11) is 0. The zero-order valence-corrected chi connectivity index (χ0v) is 10.5. The predicted molar refractivity (Wildman–Crippen MR) is 62.0 cm³/mol. The Hall–Kier alpha value is -0.610. The quantitative estimate of drug-likeness (QED) is 0.613. The normalized spacial score (nSPS) is 11.0. The molecule has 4 nitrogen and oxygen atoms in total. The molecule has 0 rings (SSSR count). The zero-order valence-electron chi connectivity index (χ0n) is 10.5. The van der Waals surface area contributed by atoms with E-state index in [9.17, 15) is 4.79 Å². The van der Waals surface area contributed by atoms with E-state index in [1.165, 1.54) is 0 Å². The molecule has 0 bridgehead atoms. The van der Waals surface area contributed by atoms with Crippen LogP contribution in [0.2, 0.25) is 0 Å². The molecule has 0 atom stereocenters. The van der Waals surface area contributed by atoms with Crippen LogP contribution >= 0.6 is 0 Å². The molecule has 7 N–H and O–H groups in total. The van der Waals surface area contributed by atoms with Gasteiger partial charge < -0.3 is 17.6 Å². The molecule has 0 aromatic heterocycles. The number of amides is 1. The minimum atomic E-state index is -0.273. The van der Waals surface area contributed by atoms with Crippen molar-refractivity contribution in [2.24, 2.45) is 10.8 Å². The van der Waals surface area contributed by atoms with Crippen molar-refractivity contribution in [1.29, 1.82) is 0 Å². The Kier molecular flexibility index (Phi) is 8.14. The van der Waals surface area contributed by atoms with Gasteiger partial charge in [0.25, 0.3) is 0 Å². The first kappa shape index (κ1) is 19.0. The van der Waals surface area contributed by atoms with E-state index in [2.05, 4.69) is 26.1 Å². The van der Waals surface area contributed by atoms with Gasteiger partial charge in [0.2, 0.25) is 5.91 Å². The summed E-state index contributed by atoms with van der Waals surface area (Å²) in [6, 6.07) is 0. The third-order valence-corrected chi connectivity index (χ3v) is 1.46. The Morgan fingerprint density at radius 1 is 1.00 bits per heavy atom. The highest BCUT2D eigenvalue weighted by atomic mass is 16.2. The first-order valence-corrected chi connectivity index (χ1v) is 4.41. The standard InChI is InChI=1S/C10H21NO.2H3N/c1-9(2,3)7-11-8(12)10(4,5)6;;/h7H2,1-6H3,(H,11,12);2*1H3. The van der Waals surface area contributed by atoms with Crippen LogP contribution in [0.25, 0.3) is 0 Å². The minimum absolute atomic E-state index is 0. The van der Waals surface area contributed by atoms with Gasteiger partial charge in [-0.25, -0.2) is 0 Å². The molecule has 0 aromatic rings. The zero-order chi connectivity index (χ0) is 9.99. The molecule has 14 heavy (non-hydrogen) atoms. The lowest BCUT2D eigenvalue weighted by atomic mass is 9.93. The number of hydrogen-bond acceptors (Lipinski definition) is 3. The van der Waals surface area contributed by atoms with Crippen molar-refractivity contribution in [1.82, 2.24) is 17.6 Å². The van der Waals surface area contributed by atoms with Crippen LogP contribution in [0.1, 0.15) is 41.5 Å². The lowest BCUT2D eigenvalue weighted by Gasteiger charge is -2.23. The molecule has 0 aliphatic carbocycles. The van der Waals surface area contributed by atoms with E-state index in [0.29, 0.717) is 0 Å². The summed E-state index contributed by atoms with van der Waals surface area (Å²) >= 11 is 0. The van der Waals surface area contributed by atoms with Crippen molar-refractivity contribution < 1.29 is 4.79 Å². The molecule has 0 aliphatic heterocycles. The molecule has 0 saturated heterocycles. The SMILES string of the molecule is CC(C)(C)CNC(=O)C(C)(C)C.N.N. The molecule has 0 radical (unpaired) electrons. The Labute approximate surface area is 88.0 Å². The van der Waals surface area contributed by atoms with Crippen molar-refractivity contribution in [3.05, 3.63) is 0 Å². The van der Waals surface area contributed by atoms with Gasteiger partial charge in [0, 0.05) is 12.0 Å². The molecule has 0 heterocycles. The van der Waals surface area contributed by atoms with Crippen LogP contribution in [-0.4, -0.2) is 12.5 Å². The Morgan fingerprint density at radius 3 is 1.57 bits per heavy atom. The summed E-state index contributed by atoms with van der Waals surface area (Å²) in [5, 5.41) is 2.92. The second-order valence-electron chi connectivity index (χ2n) is 5.49. The third kappa shape index (κ3) is 9.48. The van der Waals surface area contributed by atoms with E-state index in [0.717, 1.165) is 6.54 Å². The molecule has 0 aliphatic rings. The van der Waals surface area contributed by atoms with E-state index in [1.807, 2.05) is 20.8 Å². The second kappa shape index (κ2) is 5.98. The van der Waals surface area contributed by atoms with E-state index in [-0.39, 0.29) is 29.0 Å². The maximum Gasteiger partial charge on any atom is 0.225 e.